The summed E-state index contributed by atoms with van der Waals surface area (Å²) in [5, 5.41) is 1.15. The molecule has 0 aliphatic rings. The lowest BCUT2D eigenvalue weighted by molar-refractivity contribution is 1.12. The van der Waals surface area contributed by atoms with Crippen molar-refractivity contribution in [3.63, 3.8) is 0 Å². The summed E-state index contributed by atoms with van der Waals surface area (Å²) < 4.78 is 4.29. The van der Waals surface area contributed by atoms with E-state index in [2.05, 4.69) is 64.0 Å². The molecule has 0 N–H and O–H groups in total. The Kier molecular flexibility index (Phi) is 2.06. The third-order valence-corrected chi connectivity index (χ3v) is 4.28. The zero-order valence-electron chi connectivity index (χ0n) is 12.4. The average Bonchev–Trinajstić information content (AvgIpc) is 3.11. The first-order chi connectivity index (χ1) is 10.7. The molecule has 0 saturated carbocycles. The van der Waals surface area contributed by atoms with Crippen LogP contribution in [0.25, 0.3) is 33.4 Å². The Morgan fingerprint density at radius 3 is 2.64 bits per heavy atom. The standard InChI is InChI=1S/C18H14N4/c1-11-4-6-15-13(9-11)17-19-7-8-21(17)18-20-14-5-3-12(2)10-16(14)22(15)18/h3-10H,1-2H3. The van der Waals surface area contributed by atoms with Crippen LogP contribution in [0.4, 0.5) is 0 Å². The van der Waals surface area contributed by atoms with Crippen LogP contribution in [0.15, 0.2) is 48.8 Å². The number of aromatic nitrogens is 4. The molecular weight excluding hydrogens is 272 g/mol. The fourth-order valence-corrected chi connectivity index (χ4v) is 3.26. The molecule has 106 valence electrons. The minimum atomic E-state index is 0.907. The van der Waals surface area contributed by atoms with Crippen molar-refractivity contribution in [3.05, 3.63) is 59.9 Å². The summed E-state index contributed by atoms with van der Waals surface area (Å²) in [6, 6.07) is 12.9. The number of nitrogens with zero attached hydrogens (tertiary/aromatic N) is 4. The van der Waals surface area contributed by atoms with Gasteiger partial charge in [0.1, 0.15) is 5.65 Å². The maximum atomic E-state index is 4.82. The van der Waals surface area contributed by atoms with Gasteiger partial charge in [-0.1, -0.05) is 17.7 Å². The fraction of sp³-hybridized carbons (Fsp3) is 0.111. The van der Waals surface area contributed by atoms with Crippen molar-refractivity contribution < 1.29 is 0 Å². The van der Waals surface area contributed by atoms with Gasteiger partial charge in [-0.15, -0.1) is 0 Å². The van der Waals surface area contributed by atoms with E-state index >= 15 is 0 Å². The molecule has 0 bridgehead atoms. The van der Waals surface area contributed by atoms with Crippen LogP contribution in [0.1, 0.15) is 11.1 Å². The van der Waals surface area contributed by atoms with Crippen LogP contribution in [0.3, 0.4) is 0 Å². The van der Waals surface area contributed by atoms with Crippen LogP contribution in [-0.4, -0.2) is 18.8 Å². The molecule has 3 heterocycles. The third-order valence-electron chi connectivity index (χ3n) is 4.28. The molecule has 22 heavy (non-hydrogen) atoms. The van der Waals surface area contributed by atoms with Crippen LogP contribution in [0.2, 0.25) is 0 Å². The lowest BCUT2D eigenvalue weighted by Crippen LogP contribution is -1.97. The molecule has 3 aromatic heterocycles. The summed E-state index contributed by atoms with van der Waals surface area (Å²) >= 11 is 0. The first-order valence-electron chi connectivity index (χ1n) is 7.36. The summed E-state index contributed by atoms with van der Waals surface area (Å²) in [6.07, 6.45) is 3.81. The Hall–Kier alpha value is -2.88. The predicted octanol–water partition coefficient (Wildman–Crippen LogP) is 3.91. The zero-order valence-corrected chi connectivity index (χ0v) is 12.4. The molecule has 0 radical (unpaired) electrons. The van der Waals surface area contributed by atoms with Crippen LogP contribution in [-0.2, 0) is 0 Å². The topological polar surface area (TPSA) is 34.6 Å². The summed E-state index contributed by atoms with van der Waals surface area (Å²) in [5.74, 6) is 0.907. The Balaban J connectivity index is 2.20. The van der Waals surface area contributed by atoms with Crippen LogP contribution < -0.4 is 0 Å². The maximum Gasteiger partial charge on any atom is 0.221 e. The van der Waals surface area contributed by atoms with Gasteiger partial charge in [0.05, 0.1) is 16.6 Å². The van der Waals surface area contributed by atoms with Gasteiger partial charge < -0.3 is 0 Å². The summed E-state index contributed by atoms with van der Waals surface area (Å²) in [4.78, 5) is 9.35. The highest BCUT2D eigenvalue weighted by Crippen LogP contribution is 2.27. The highest BCUT2D eigenvalue weighted by atomic mass is 15.2. The average molecular weight is 286 g/mol. The minimum absolute atomic E-state index is 0.907. The smallest absolute Gasteiger partial charge is 0.221 e. The second-order valence-corrected chi connectivity index (χ2v) is 5.88. The molecule has 0 fully saturated rings. The van der Waals surface area contributed by atoms with E-state index in [1.165, 1.54) is 11.1 Å². The number of hydrogen-bond acceptors (Lipinski definition) is 2. The van der Waals surface area contributed by atoms with Gasteiger partial charge >= 0.3 is 0 Å². The minimum Gasteiger partial charge on any atom is -0.277 e. The van der Waals surface area contributed by atoms with Gasteiger partial charge in [-0.05, 0) is 43.7 Å². The first kappa shape index (κ1) is 11.7. The summed E-state index contributed by atoms with van der Waals surface area (Å²) in [5.41, 5.74) is 6.72. The quantitative estimate of drug-likeness (QED) is 0.432. The summed E-state index contributed by atoms with van der Waals surface area (Å²) in [7, 11) is 0. The van der Waals surface area contributed by atoms with Gasteiger partial charge in [-0.3, -0.25) is 8.80 Å². The van der Waals surface area contributed by atoms with E-state index < -0.39 is 0 Å². The van der Waals surface area contributed by atoms with Crippen LogP contribution in [0.5, 0.6) is 0 Å². The number of fused-ring (bicyclic) bond motifs is 8. The zero-order chi connectivity index (χ0) is 14.8. The number of benzene rings is 2. The van der Waals surface area contributed by atoms with Crippen molar-refractivity contribution in [3.8, 4) is 0 Å². The van der Waals surface area contributed by atoms with Crippen molar-refractivity contribution in [1.82, 2.24) is 18.8 Å². The van der Waals surface area contributed by atoms with Crippen molar-refractivity contribution in [2.24, 2.45) is 0 Å². The number of imidazole rings is 2. The van der Waals surface area contributed by atoms with Crippen molar-refractivity contribution in [1.29, 1.82) is 0 Å². The van der Waals surface area contributed by atoms with Crippen molar-refractivity contribution >= 4 is 33.4 Å². The van der Waals surface area contributed by atoms with Gasteiger partial charge in [0, 0.05) is 17.8 Å². The Morgan fingerprint density at radius 1 is 0.909 bits per heavy atom. The van der Waals surface area contributed by atoms with E-state index in [4.69, 9.17) is 4.98 Å². The first-order valence-corrected chi connectivity index (χ1v) is 7.36. The predicted molar refractivity (Wildman–Crippen MR) is 88.4 cm³/mol. The molecule has 0 atom stereocenters. The van der Waals surface area contributed by atoms with E-state index in [0.29, 0.717) is 0 Å². The van der Waals surface area contributed by atoms with E-state index in [1.807, 2.05) is 12.4 Å². The SMILES string of the molecule is Cc1ccc2c(c1)c1nccn1c1nc3ccc(C)cc3n21. The van der Waals surface area contributed by atoms with Crippen LogP contribution >= 0.6 is 0 Å². The fourth-order valence-electron chi connectivity index (χ4n) is 3.26. The lowest BCUT2D eigenvalue weighted by Gasteiger charge is -2.07. The lowest BCUT2D eigenvalue weighted by atomic mass is 10.1. The second kappa shape index (κ2) is 3.85. The molecule has 0 aliphatic heterocycles. The molecular formula is C18H14N4. The molecule has 4 nitrogen and oxygen atoms in total. The van der Waals surface area contributed by atoms with Gasteiger partial charge in [0.15, 0.2) is 0 Å². The third kappa shape index (κ3) is 1.36. The van der Waals surface area contributed by atoms with Crippen molar-refractivity contribution in [2.75, 3.05) is 0 Å². The molecule has 5 aromatic rings. The van der Waals surface area contributed by atoms with E-state index in [9.17, 15) is 0 Å². The Bertz CT molecular complexity index is 1190. The molecule has 0 amide bonds. The molecule has 2 aromatic carbocycles. The molecule has 4 heteroatoms. The van der Waals surface area contributed by atoms with E-state index in [0.717, 1.165) is 33.4 Å². The molecule has 0 unspecified atom stereocenters. The van der Waals surface area contributed by atoms with Crippen LogP contribution in [0, 0.1) is 13.8 Å². The highest BCUT2D eigenvalue weighted by molar-refractivity contribution is 5.97. The molecule has 0 saturated heterocycles. The van der Waals surface area contributed by atoms with E-state index in [1.54, 1.807) is 0 Å². The Morgan fingerprint density at radius 2 is 1.73 bits per heavy atom. The number of rotatable bonds is 0. The van der Waals surface area contributed by atoms with Gasteiger partial charge in [0.2, 0.25) is 5.78 Å². The second-order valence-electron chi connectivity index (χ2n) is 5.88. The molecule has 0 spiro atoms. The monoisotopic (exact) mass is 286 g/mol. The number of aryl methyl sites for hydroxylation is 2. The van der Waals surface area contributed by atoms with Gasteiger partial charge in [0.25, 0.3) is 0 Å². The highest BCUT2D eigenvalue weighted by Gasteiger charge is 2.14. The maximum absolute atomic E-state index is 4.82. The summed E-state index contributed by atoms with van der Waals surface area (Å²) in [6.45, 7) is 4.22. The normalized spacial score (nSPS) is 12.1. The van der Waals surface area contributed by atoms with E-state index in [-0.39, 0.29) is 0 Å². The number of hydrogen-bond donors (Lipinski definition) is 0. The largest absolute Gasteiger partial charge is 0.277 e. The van der Waals surface area contributed by atoms with Gasteiger partial charge in [-0.2, -0.15) is 0 Å². The molecule has 5 rings (SSSR count). The molecule has 0 aliphatic carbocycles. The Labute approximate surface area is 126 Å². The van der Waals surface area contributed by atoms with Crippen molar-refractivity contribution in [2.45, 2.75) is 13.8 Å². The van der Waals surface area contributed by atoms with Gasteiger partial charge in [-0.25, -0.2) is 9.97 Å².